The number of aliphatic carboxylic acids is 1. The van der Waals surface area contributed by atoms with Crippen LogP contribution in [0, 0.1) is 19.3 Å². The van der Waals surface area contributed by atoms with Gasteiger partial charge in [-0.2, -0.15) is 0 Å². The summed E-state index contributed by atoms with van der Waals surface area (Å²) in [5.74, 6) is -0.268. The van der Waals surface area contributed by atoms with Crippen LogP contribution in [0.25, 0.3) is 11.4 Å². The zero-order valence-corrected chi connectivity index (χ0v) is 12.1. The van der Waals surface area contributed by atoms with Gasteiger partial charge in [0.1, 0.15) is 0 Å². The van der Waals surface area contributed by atoms with Gasteiger partial charge in [-0.25, -0.2) is 4.68 Å². The highest BCUT2D eigenvalue weighted by Gasteiger charge is 2.30. The fourth-order valence-corrected chi connectivity index (χ4v) is 2.10. The van der Waals surface area contributed by atoms with Crippen molar-refractivity contribution < 1.29 is 9.90 Å². The van der Waals surface area contributed by atoms with Crippen LogP contribution in [-0.4, -0.2) is 31.3 Å². The number of hydrogen-bond donors (Lipinski definition) is 1. The van der Waals surface area contributed by atoms with Gasteiger partial charge in [0.25, 0.3) is 0 Å². The topological polar surface area (TPSA) is 80.9 Å². The normalized spacial score (nSPS) is 11.6. The lowest BCUT2D eigenvalue weighted by molar-refractivity contribution is -0.147. The minimum absolute atomic E-state index is 0.221. The van der Waals surface area contributed by atoms with E-state index in [-0.39, 0.29) is 6.54 Å². The van der Waals surface area contributed by atoms with Gasteiger partial charge in [-0.1, -0.05) is 18.2 Å². The van der Waals surface area contributed by atoms with Gasteiger partial charge in [0.05, 0.1) is 12.0 Å². The SMILES string of the molecule is Cc1cccc(C)c1-c1nnnn1CC(C)(C)C(=O)O. The molecule has 1 aromatic carbocycles. The summed E-state index contributed by atoms with van der Waals surface area (Å²) >= 11 is 0. The summed E-state index contributed by atoms with van der Waals surface area (Å²) in [5.41, 5.74) is 2.16. The minimum atomic E-state index is -0.930. The molecule has 0 atom stereocenters. The first kappa shape index (κ1) is 14.2. The van der Waals surface area contributed by atoms with Crippen LogP contribution in [0.5, 0.6) is 0 Å². The van der Waals surface area contributed by atoms with Gasteiger partial charge >= 0.3 is 5.97 Å². The molecule has 0 aliphatic rings. The Bertz CT molecular complexity index is 626. The molecule has 0 bridgehead atoms. The van der Waals surface area contributed by atoms with Gasteiger partial charge in [0.15, 0.2) is 5.82 Å². The Morgan fingerprint density at radius 2 is 1.90 bits per heavy atom. The third-order valence-electron chi connectivity index (χ3n) is 3.36. The first-order valence-corrected chi connectivity index (χ1v) is 6.39. The third kappa shape index (κ3) is 2.54. The first-order valence-electron chi connectivity index (χ1n) is 6.39. The van der Waals surface area contributed by atoms with E-state index in [1.54, 1.807) is 18.5 Å². The summed E-state index contributed by atoms with van der Waals surface area (Å²) in [4.78, 5) is 11.2. The fourth-order valence-electron chi connectivity index (χ4n) is 2.10. The molecule has 0 saturated carbocycles. The van der Waals surface area contributed by atoms with Gasteiger partial charge in [-0.3, -0.25) is 4.79 Å². The number of benzene rings is 1. The van der Waals surface area contributed by atoms with Crippen LogP contribution in [0.15, 0.2) is 18.2 Å². The van der Waals surface area contributed by atoms with Crippen molar-refractivity contribution in [3.63, 3.8) is 0 Å². The smallest absolute Gasteiger partial charge is 0.310 e. The Hall–Kier alpha value is -2.24. The molecule has 106 valence electrons. The molecule has 0 amide bonds. The number of nitrogens with zero attached hydrogens (tertiary/aromatic N) is 4. The number of carboxylic acids is 1. The van der Waals surface area contributed by atoms with E-state index >= 15 is 0 Å². The second kappa shape index (κ2) is 5.03. The van der Waals surface area contributed by atoms with Gasteiger partial charge in [0.2, 0.25) is 0 Å². The van der Waals surface area contributed by atoms with Gasteiger partial charge in [-0.05, 0) is 49.2 Å². The van der Waals surface area contributed by atoms with Crippen molar-refractivity contribution >= 4 is 5.97 Å². The maximum atomic E-state index is 11.2. The second-order valence-corrected chi connectivity index (χ2v) is 5.62. The largest absolute Gasteiger partial charge is 0.481 e. The number of carbonyl (C=O) groups is 1. The molecule has 1 N–H and O–H groups in total. The van der Waals surface area contributed by atoms with E-state index in [4.69, 9.17) is 0 Å². The van der Waals surface area contributed by atoms with Gasteiger partial charge in [0, 0.05) is 5.56 Å². The lowest BCUT2D eigenvalue weighted by Gasteiger charge is -2.19. The van der Waals surface area contributed by atoms with Crippen molar-refractivity contribution in [1.82, 2.24) is 20.2 Å². The number of aryl methyl sites for hydroxylation is 2. The van der Waals surface area contributed by atoms with E-state index < -0.39 is 11.4 Å². The van der Waals surface area contributed by atoms with E-state index in [9.17, 15) is 9.90 Å². The van der Waals surface area contributed by atoms with E-state index in [0.29, 0.717) is 5.82 Å². The van der Waals surface area contributed by atoms with E-state index in [0.717, 1.165) is 16.7 Å². The molecule has 20 heavy (non-hydrogen) atoms. The summed E-state index contributed by atoms with van der Waals surface area (Å²) in [6, 6.07) is 5.96. The number of carboxylic acid groups (broad SMARTS) is 1. The Balaban J connectivity index is 2.47. The monoisotopic (exact) mass is 274 g/mol. The maximum Gasteiger partial charge on any atom is 0.310 e. The van der Waals surface area contributed by atoms with Crippen molar-refractivity contribution in [2.45, 2.75) is 34.2 Å². The van der Waals surface area contributed by atoms with E-state index in [1.807, 2.05) is 32.0 Å². The molecule has 1 aromatic heterocycles. The molecule has 0 fully saturated rings. The molecule has 6 nitrogen and oxygen atoms in total. The van der Waals surface area contributed by atoms with Gasteiger partial charge < -0.3 is 5.11 Å². The van der Waals surface area contributed by atoms with E-state index in [1.165, 1.54) is 0 Å². The van der Waals surface area contributed by atoms with Crippen molar-refractivity contribution in [3.05, 3.63) is 29.3 Å². The number of aromatic nitrogens is 4. The Morgan fingerprint density at radius 1 is 1.30 bits per heavy atom. The zero-order valence-electron chi connectivity index (χ0n) is 12.1. The molecule has 2 rings (SSSR count). The summed E-state index contributed by atoms with van der Waals surface area (Å²) in [6.07, 6.45) is 0. The summed E-state index contributed by atoms with van der Waals surface area (Å²) in [6.45, 7) is 7.52. The van der Waals surface area contributed by atoms with Crippen molar-refractivity contribution in [2.24, 2.45) is 5.41 Å². The summed E-state index contributed by atoms with van der Waals surface area (Å²) in [7, 11) is 0. The average molecular weight is 274 g/mol. The molecule has 0 saturated heterocycles. The highest BCUT2D eigenvalue weighted by atomic mass is 16.4. The second-order valence-electron chi connectivity index (χ2n) is 5.62. The molecular weight excluding hydrogens is 256 g/mol. The van der Waals surface area contributed by atoms with Crippen LogP contribution in [-0.2, 0) is 11.3 Å². The molecule has 0 spiro atoms. The number of rotatable bonds is 4. The predicted octanol–water partition coefficient (Wildman–Crippen LogP) is 2.07. The predicted molar refractivity (Wildman–Crippen MR) is 74.1 cm³/mol. The summed E-state index contributed by atoms with van der Waals surface area (Å²) < 4.78 is 1.56. The van der Waals surface area contributed by atoms with Gasteiger partial charge in [-0.15, -0.1) is 5.10 Å². The quantitative estimate of drug-likeness (QED) is 0.923. The molecule has 0 radical (unpaired) electrons. The molecule has 0 aliphatic carbocycles. The van der Waals surface area contributed by atoms with Crippen LogP contribution >= 0.6 is 0 Å². The first-order chi connectivity index (χ1) is 9.33. The standard InChI is InChI=1S/C14H18N4O2/c1-9-6-5-7-10(2)11(9)12-15-16-17-18(12)8-14(3,4)13(19)20/h5-7H,8H2,1-4H3,(H,19,20). The highest BCUT2D eigenvalue weighted by molar-refractivity contribution is 5.73. The van der Waals surface area contributed by atoms with Crippen molar-refractivity contribution in [2.75, 3.05) is 0 Å². The molecular formula is C14H18N4O2. The molecule has 2 aromatic rings. The number of hydrogen-bond acceptors (Lipinski definition) is 4. The maximum absolute atomic E-state index is 11.2. The van der Waals surface area contributed by atoms with Crippen LogP contribution in [0.2, 0.25) is 0 Å². The Kier molecular flexibility index (Phi) is 3.57. The summed E-state index contributed by atoms with van der Waals surface area (Å²) in [5, 5.41) is 20.9. The minimum Gasteiger partial charge on any atom is -0.481 e. The molecule has 6 heteroatoms. The van der Waals surface area contributed by atoms with E-state index in [2.05, 4.69) is 15.5 Å². The van der Waals surface area contributed by atoms with Crippen LogP contribution in [0.3, 0.4) is 0 Å². The lowest BCUT2D eigenvalue weighted by atomic mass is 9.93. The van der Waals surface area contributed by atoms with Crippen LogP contribution < -0.4 is 0 Å². The molecule has 0 aliphatic heterocycles. The van der Waals surface area contributed by atoms with Crippen LogP contribution in [0.1, 0.15) is 25.0 Å². The fraction of sp³-hybridized carbons (Fsp3) is 0.429. The van der Waals surface area contributed by atoms with Crippen LogP contribution in [0.4, 0.5) is 0 Å². The van der Waals surface area contributed by atoms with Crippen molar-refractivity contribution in [1.29, 1.82) is 0 Å². The lowest BCUT2D eigenvalue weighted by Crippen LogP contribution is -2.30. The average Bonchev–Trinajstić information content (AvgIpc) is 2.76. The molecule has 1 heterocycles. The zero-order chi connectivity index (χ0) is 14.9. The molecule has 0 unspecified atom stereocenters. The number of tetrazole rings is 1. The Morgan fingerprint density at radius 3 is 2.45 bits per heavy atom. The third-order valence-corrected chi connectivity index (χ3v) is 3.36. The van der Waals surface area contributed by atoms with Crippen molar-refractivity contribution in [3.8, 4) is 11.4 Å². The highest BCUT2D eigenvalue weighted by Crippen LogP contribution is 2.27. The Labute approximate surface area is 117 Å².